The van der Waals surface area contributed by atoms with E-state index in [1.165, 1.54) is 32.3 Å². The van der Waals surface area contributed by atoms with Crippen LogP contribution in [0.25, 0.3) is 98.9 Å². The van der Waals surface area contributed by atoms with E-state index in [1.807, 2.05) is 4.57 Å². The minimum Gasteiger partial charge on any atom is -0.369 e. The van der Waals surface area contributed by atoms with Crippen molar-refractivity contribution in [3.63, 3.8) is 0 Å². The quantitative estimate of drug-likeness (QED) is 0.207. The highest BCUT2D eigenvalue weighted by Crippen LogP contribution is 2.47. The fourth-order valence-corrected chi connectivity index (χ4v) is 8.33. The van der Waals surface area contributed by atoms with Crippen molar-refractivity contribution in [1.29, 1.82) is 0 Å². The van der Waals surface area contributed by atoms with Crippen LogP contribution in [0.1, 0.15) is 11.8 Å². The van der Waals surface area contributed by atoms with Gasteiger partial charge in [-0.2, -0.15) is 0 Å². The zero-order valence-electron chi connectivity index (χ0n) is 27.6. The number of aliphatic hydroxyl groups is 1. The molecule has 3 heteroatoms. The van der Waals surface area contributed by atoms with Gasteiger partial charge in [-0.15, -0.1) is 0 Å². The second-order valence-corrected chi connectivity index (χ2v) is 13.7. The van der Waals surface area contributed by atoms with Crippen molar-refractivity contribution in [3.8, 4) is 44.8 Å². The van der Waals surface area contributed by atoms with Crippen LogP contribution in [-0.2, 0) is 0 Å². The Bertz CT molecular complexity index is 3060. The Morgan fingerprint density at radius 2 is 0.980 bits per heavy atom. The standard InChI is InChI=1S/C48H30N2O/c51-48-42-15-7-14-40-39(36-20-17-30-9-2-5-12-33(30)25-36)22-23-41(45(40)42)47-49-46-43(37-21-18-31-10-3-6-13-34(31)26-37)27-38(28-44(46)50(47)48)35-19-16-29-8-1-4-11-32(29)24-35/h1-28,48,51H. The Hall–Kier alpha value is -6.55. The maximum Gasteiger partial charge on any atom is 0.159 e. The second kappa shape index (κ2) is 10.7. The van der Waals surface area contributed by atoms with Gasteiger partial charge in [0.2, 0.25) is 0 Å². The maximum absolute atomic E-state index is 12.3. The number of imidazole rings is 1. The number of rotatable bonds is 3. The summed E-state index contributed by atoms with van der Waals surface area (Å²) in [7, 11) is 0. The molecular weight excluding hydrogens is 621 g/mol. The Morgan fingerprint density at radius 3 is 1.63 bits per heavy atom. The fourth-order valence-electron chi connectivity index (χ4n) is 8.33. The molecule has 1 atom stereocenters. The van der Waals surface area contributed by atoms with Crippen molar-refractivity contribution in [1.82, 2.24) is 9.55 Å². The second-order valence-electron chi connectivity index (χ2n) is 13.7. The van der Waals surface area contributed by atoms with Gasteiger partial charge in [-0.05, 0) is 102 Å². The van der Waals surface area contributed by atoms with Gasteiger partial charge in [0.05, 0.1) is 11.0 Å². The summed E-state index contributed by atoms with van der Waals surface area (Å²) in [4.78, 5) is 5.42. The lowest BCUT2D eigenvalue weighted by atomic mass is 9.89. The molecular formula is C48H30N2O. The summed E-state index contributed by atoms with van der Waals surface area (Å²) in [5, 5.41) is 21.7. The Balaban J connectivity index is 1.17. The van der Waals surface area contributed by atoms with Gasteiger partial charge in [-0.25, -0.2) is 4.98 Å². The minimum atomic E-state index is -0.899. The van der Waals surface area contributed by atoms with Crippen molar-refractivity contribution < 1.29 is 5.11 Å². The summed E-state index contributed by atoms with van der Waals surface area (Å²) in [6.07, 6.45) is -0.899. The molecule has 1 aliphatic rings. The fraction of sp³-hybridized carbons (Fsp3) is 0.0208. The molecule has 1 unspecified atom stereocenters. The van der Waals surface area contributed by atoms with Gasteiger partial charge in [-0.3, -0.25) is 4.57 Å². The molecule has 3 nitrogen and oxygen atoms in total. The normalized spacial score (nSPS) is 13.8. The van der Waals surface area contributed by atoms with Crippen LogP contribution in [0, 0.1) is 0 Å². The average Bonchev–Trinajstić information content (AvgIpc) is 3.59. The van der Waals surface area contributed by atoms with E-state index in [1.54, 1.807) is 0 Å². The first-order chi connectivity index (χ1) is 25.2. The monoisotopic (exact) mass is 650 g/mol. The molecule has 1 N–H and O–H groups in total. The third kappa shape index (κ3) is 4.26. The molecule has 0 saturated heterocycles. The molecule has 238 valence electrons. The molecule has 11 rings (SSSR count). The maximum atomic E-state index is 12.3. The van der Waals surface area contributed by atoms with E-state index < -0.39 is 6.23 Å². The van der Waals surface area contributed by atoms with Crippen molar-refractivity contribution in [2.75, 3.05) is 0 Å². The first-order valence-electron chi connectivity index (χ1n) is 17.5. The van der Waals surface area contributed by atoms with E-state index in [4.69, 9.17) is 4.98 Å². The zero-order chi connectivity index (χ0) is 33.6. The molecule has 0 radical (unpaired) electrons. The number of aromatic nitrogens is 2. The predicted octanol–water partition coefficient (Wildman–Crippen LogP) is 12.2. The first kappa shape index (κ1) is 28.3. The molecule has 0 fully saturated rings. The third-order valence-corrected chi connectivity index (χ3v) is 10.8. The minimum absolute atomic E-state index is 0.781. The Labute approximate surface area is 294 Å². The van der Waals surface area contributed by atoms with E-state index >= 15 is 0 Å². The molecule has 0 bridgehead atoms. The summed E-state index contributed by atoms with van der Waals surface area (Å²) >= 11 is 0. The van der Waals surface area contributed by atoms with Gasteiger partial charge < -0.3 is 5.11 Å². The molecule has 51 heavy (non-hydrogen) atoms. The molecule has 1 aliphatic heterocycles. The number of hydrogen-bond acceptors (Lipinski definition) is 2. The van der Waals surface area contributed by atoms with E-state index in [2.05, 4.69) is 170 Å². The van der Waals surface area contributed by atoms with Crippen LogP contribution in [0.2, 0.25) is 0 Å². The van der Waals surface area contributed by atoms with E-state index in [0.717, 1.165) is 72.1 Å². The van der Waals surface area contributed by atoms with Gasteiger partial charge in [0.15, 0.2) is 6.23 Å². The molecule has 2 heterocycles. The van der Waals surface area contributed by atoms with Gasteiger partial charge in [0.25, 0.3) is 0 Å². The first-order valence-corrected chi connectivity index (χ1v) is 17.5. The highest BCUT2D eigenvalue weighted by Gasteiger charge is 2.30. The highest BCUT2D eigenvalue weighted by molar-refractivity contribution is 6.10. The molecule has 0 amide bonds. The lowest BCUT2D eigenvalue weighted by molar-refractivity contribution is 0.152. The summed E-state index contributed by atoms with van der Waals surface area (Å²) in [5.74, 6) is 0.781. The molecule has 9 aromatic carbocycles. The summed E-state index contributed by atoms with van der Waals surface area (Å²) in [6.45, 7) is 0. The van der Waals surface area contributed by atoms with Gasteiger partial charge in [0, 0.05) is 22.1 Å². The van der Waals surface area contributed by atoms with Crippen molar-refractivity contribution in [2.45, 2.75) is 6.23 Å². The van der Waals surface area contributed by atoms with Crippen LogP contribution in [0.5, 0.6) is 0 Å². The van der Waals surface area contributed by atoms with Crippen LogP contribution in [0.4, 0.5) is 0 Å². The number of nitrogens with zero attached hydrogens (tertiary/aromatic N) is 2. The molecule has 0 spiro atoms. The topological polar surface area (TPSA) is 38.1 Å². The molecule has 0 aliphatic carbocycles. The summed E-state index contributed by atoms with van der Waals surface area (Å²) in [6, 6.07) is 60.6. The Kier molecular flexibility index (Phi) is 5.95. The van der Waals surface area contributed by atoms with Crippen LogP contribution >= 0.6 is 0 Å². The van der Waals surface area contributed by atoms with E-state index in [9.17, 15) is 5.11 Å². The lowest BCUT2D eigenvalue weighted by Crippen LogP contribution is -2.16. The zero-order valence-corrected chi connectivity index (χ0v) is 27.6. The van der Waals surface area contributed by atoms with Crippen LogP contribution in [0.15, 0.2) is 170 Å². The number of hydrogen-bond donors (Lipinski definition) is 1. The van der Waals surface area contributed by atoms with Crippen LogP contribution < -0.4 is 0 Å². The number of benzene rings is 9. The van der Waals surface area contributed by atoms with Crippen LogP contribution in [0.3, 0.4) is 0 Å². The van der Waals surface area contributed by atoms with E-state index in [-0.39, 0.29) is 0 Å². The summed E-state index contributed by atoms with van der Waals surface area (Å²) in [5.41, 5.74) is 10.4. The smallest absolute Gasteiger partial charge is 0.159 e. The molecule has 1 aromatic heterocycles. The van der Waals surface area contributed by atoms with Gasteiger partial charge in [-0.1, -0.05) is 133 Å². The Morgan fingerprint density at radius 1 is 0.431 bits per heavy atom. The van der Waals surface area contributed by atoms with Gasteiger partial charge >= 0.3 is 0 Å². The van der Waals surface area contributed by atoms with Crippen molar-refractivity contribution in [3.05, 3.63) is 175 Å². The third-order valence-electron chi connectivity index (χ3n) is 10.8. The summed E-state index contributed by atoms with van der Waals surface area (Å²) < 4.78 is 2.04. The van der Waals surface area contributed by atoms with Crippen LogP contribution in [-0.4, -0.2) is 14.7 Å². The predicted molar refractivity (Wildman–Crippen MR) is 212 cm³/mol. The van der Waals surface area contributed by atoms with Gasteiger partial charge in [0.1, 0.15) is 5.82 Å². The average molecular weight is 651 g/mol. The number of aliphatic hydroxyl groups excluding tert-OH is 1. The largest absolute Gasteiger partial charge is 0.369 e. The lowest BCUT2D eigenvalue weighted by Gasteiger charge is -2.26. The van der Waals surface area contributed by atoms with Crippen molar-refractivity contribution in [2.24, 2.45) is 0 Å². The SMILES string of the molecule is OC1c2cccc3c(-c4ccc5ccccc5c4)ccc(c23)-c2nc3c(-c4ccc5ccccc5c4)cc(-c4ccc5ccccc5c4)cc3n21. The van der Waals surface area contributed by atoms with E-state index in [0.29, 0.717) is 0 Å². The highest BCUT2D eigenvalue weighted by atomic mass is 16.3. The molecule has 0 saturated carbocycles. The molecule has 10 aromatic rings. The number of fused-ring (bicyclic) bond motifs is 7. The van der Waals surface area contributed by atoms with Crippen molar-refractivity contribution >= 4 is 54.1 Å².